The summed E-state index contributed by atoms with van der Waals surface area (Å²) in [5.41, 5.74) is 1.28. The first-order chi connectivity index (χ1) is 5.86. The van der Waals surface area contributed by atoms with Crippen molar-refractivity contribution in [2.75, 3.05) is 0 Å². The number of hydrogen-bond acceptors (Lipinski definition) is 4. The van der Waals surface area contributed by atoms with Crippen molar-refractivity contribution in [3.63, 3.8) is 0 Å². The molecule has 0 atom stereocenters. The van der Waals surface area contributed by atoms with Gasteiger partial charge in [-0.3, -0.25) is 4.79 Å². The minimum atomic E-state index is -0.200. The fraction of sp³-hybridized carbons (Fsp3) is 0. The van der Waals surface area contributed by atoms with Crippen molar-refractivity contribution >= 4 is 11.5 Å². The van der Waals surface area contributed by atoms with E-state index in [1.165, 1.54) is 17.7 Å². The van der Waals surface area contributed by atoms with Gasteiger partial charge in [-0.05, 0) is 17.6 Å². The molecular weight excluding hydrogens is 174 g/mol. The van der Waals surface area contributed by atoms with Crippen molar-refractivity contribution < 1.29 is 0 Å². The molecule has 5 heteroatoms. The second-order valence-electron chi connectivity index (χ2n) is 2.18. The summed E-state index contributed by atoms with van der Waals surface area (Å²) in [6.45, 7) is 0. The molecule has 0 bridgehead atoms. The monoisotopic (exact) mass is 179 g/mol. The van der Waals surface area contributed by atoms with Gasteiger partial charge in [0.2, 0.25) is 0 Å². The van der Waals surface area contributed by atoms with Crippen molar-refractivity contribution in [3.05, 3.63) is 34.2 Å². The fourth-order valence-corrected chi connectivity index (χ4v) is 1.35. The number of nitrogens with zero attached hydrogens (tertiary/aromatic N) is 2. The molecule has 0 fully saturated rings. The van der Waals surface area contributed by atoms with Crippen molar-refractivity contribution in [2.45, 2.75) is 0 Å². The number of nitrogens with one attached hydrogen (secondary N) is 1. The van der Waals surface area contributed by atoms with Gasteiger partial charge in [-0.15, -0.1) is 0 Å². The van der Waals surface area contributed by atoms with Gasteiger partial charge in [-0.25, -0.2) is 4.98 Å². The van der Waals surface area contributed by atoms with Crippen LogP contribution in [0.25, 0.3) is 11.4 Å². The molecule has 0 unspecified atom stereocenters. The van der Waals surface area contributed by atoms with E-state index in [1.54, 1.807) is 6.20 Å². The second kappa shape index (κ2) is 2.86. The lowest BCUT2D eigenvalue weighted by molar-refractivity contribution is 1.14. The van der Waals surface area contributed by atoms with Crippen LogP contribution in [0.5, 0.6) is 0 Å². The van der Waals surface area contributed by atoms with E-state index in [2.05, 4.69) is 14.3 Å². The predicted molar refractivity (Wildman–Crippen MR) is 46.0 cm³/mol. The van der Waals surface area contributed by atoms with E-state index < -0.39 is 0 Å². The molecule has 2 rings (SSSR count). The van der Waals surface area contributed by atoms with Crippen LogP contribution in [-0.4, -0.2) is 14.3 Å². The van der Waals surface area contributed by atoms with Crippen molar-refractivity contribution in [2.24, 2.45) is 0 Å². The average Bonchev–Trinajstić information content (AvgIpc) is 2.58. The zero-order chi connectivity index (χ0) is 8.39. The summed E-state index contributed by atoms with van der Waals surface area (Å²) < 4.78 is 4.07. The van der Waals surface area contributed by atoms with Gasteiger partial charge >= 0.3 is 0 Å². The molecule has 60 valence electrons. The van der Waals surface area contributed by atoms with Crippen LogP contribution in [0.2, 0.25) is 0 Å². The van der Waals surface area contributed by atoms with Gasteiger partial charge in [0.05, 0.1) is 6.20 Å². The highest BCUT2D eigenvalue weighted by Crippen LogP contribution is 2.12. The van der Waals surface area contributed by atoms with Gasteiger partial charge in [-0.2, -0.15) is 4.37 Å². The molecule has 0 amide bonds. The standard InChI is InChI=1S/C7H5N3OS/c11-7-4-8-6(3-9-7)5-1-2-12-10-5/h1-4H,(H,9,11). The maximum Gasteiger partial charge on any atom is 0.266 e. The number of H-pyrrole nitrogens is 1. The molecule has 0 saturated heterocycles. The van der Waals surface area contributed by atoms with Gasteiger partial charge in [0.15, 0.2) is 0 Å². The summed E-state index contributed by atoms with van der Waals surface area (Å²) in [4.78, 5) is 17.1. The van der Waals surface area contributed by atoms with Crippen LogP contribution in [-0.2, 0) is 0 Å². The molecule has 0 spiro atoms. The molecule has 12 heavy (non-hydrogen) atoms. The molecule has 0 radical (unpaired) electrons. The summed E-state index contributed by atoms with van der Waals surface area (Å²) in [6.07, 6.45) is 2.80. The van der Waals surface area contributed by atoms with Crippen LogP contribution in [0, 0.1) is 0 Å². The molecule has 0 saturated carbocycles. The van der Waals surface area contributed by atoms with Gasteiger partial charge in [0.25, 0.3) is 5.56 Å². The Bertz CT molecular complexity index is 400. The predicted octanol–water partition coefficient (Wildman–Crippen LogP) is 0.893. The van der Waals surface area contributed by atoms with E-state index >= 15 is 0 Å². The maximum absolute atomic E-state index is 10.7. The Morgan fingerprint density at radius 2 is 2.33 bits per heavy atom. The van der Waals surface area contributed by atoms with Gasteiger partial charge < -0.3 is 4.98 Å². The lowest BCUT2D eigenvalue weighted by atomic mass is 10.3. The zero-order valence-electron chi connectivity index (χ0n) is 6.02. The Hall–Kier alpha value is -1.49. The first-order valence-electron chi connectivity index (χ1n) is 3.32. The summed E-state index contributed by atoms with van der Waals surface area (Å²) >= 11 is 1.36. The zero-order valence-corrected chi connectivity index (χ0v) is 6.84. The Kier molecular flexibility index (Phi) is 1.71. The van der Waals surface area contributed by atoms with Crippen LogP contribution in [0.15, 0.2) is 28.6 Å². The lowest BCUT2D eigenvalue weighted by Crippen LogP contribution is -2.04. The molecular formula is C7H5N3OS. The Morgan fingerprint density at radius 3 is 2.92 bits per heavy atom. The highest BCUT2D eigenvalue weighted by atomic mass is 32.1. The highest BCUT2D eigenvalue weighted by molar-refractivity contribution is 7.03. The first-order valence-corrected chi connectivity index (χ1v) is 4.15. The molecule has 4 nitrogen and oxygen atoms in total. The average molecular weight is 179 g/mol. The molecule has 1 N–H and O–H groups in total. The molecule has 0 aliphatic heterocycles. The van der Waals surface area contributed by atoms with Crippen molar-refractivity contribution in [1.29, 1.82) is 0 Å². The molecule has 0 aliphatic rings. The quantitative estimate of drug-likeness (QED) is 0.707. The Morgan fingerprint density at radius 1 is 1.42 bits per heavy atom. The summed E-state index contributed by atoms with van der Waals surface area (Å²) in [5.74, 6) is 0. The normalized spacial score (nSPS) is 10.0. The number of hydrogen-bond donors (Lipinski definition) is 1. The Labute approximate surface area is 72.1 Å². The van der Waals surface area contributed by atoms with E-state index in [0.29, 0.717) is 5.69 Å². The largest absolute Gasteiger partial charge is 0.326 e. The van der Waals surface area contributed by atoms with Crippen molar-refractivity contribution in [3.8, 4) is 11.4 Å². The minimum absolute atomic E-state index is 0.200. The number of rotatable bonds is 1. The maximum atomic E-state index is 10.7. The van der Waals surface area contributed by atoms with Gasteiger partial charge in [0.1, 0.15) is 11.4 Å². The fourth-order valence-electron chi connectivity index (χ4n) is 0.827. The SMILES string of the molecule is O=c1cnc(-c2ccsn2)c[nH]1. The summed E-state index contributed by atoms with van der Waals surface area (Å²) in [6, 6.07) is 1.85. The van der Waals surface area contributed by atoms with E-state index in [4.69, 9.17) is 0 Å². The summed E-state index contributed by atoms with van der Waals surface area (Å²) in [7, 11) is 0. The smallest absolute Gasteiger partial charge is 0.266 e. The molecule has 2 aromatic heterocycles. The Balaban J connectivity index is 2.49. The van der Waals surface area contributed by atoms with Gasteiger partial charge in [0, 0.05) is 11.6 Å². The van der Waals surface area contributed by atoms with Crippen molar-refractivity contribution in [1.82, 2.24) is 14.3 Å². The van der Waals surface area contributed by atoms with E-state index in [9.17, 15) is 4.79 Å². The summed E-state index contributed by atoms with van der Waals surface area (Å²) in [5, 5.41) is 1.86. The lowest BCUT2D eigenvalue weighted by Gasteiger charge is -1.91. The second-order valence-corrected chi connectivity index (χ2v) is 2.85. The van der Waals surface area contributed by atoms with Crippen LogP contribution in [0.3, 0.4) is 0 Å². The van der Waals surface area contributed by atoms with Crippen LogP contribution >= 0.6 is 11.5 Å². The number of aromatic nitrogens is 3. The third-order valence-electron chi connectivity index (χ3n) is 1.37. The first kappa shape index (κ1) is 7.17. The molecule has 0 aromatic carbocycles. The topological polar surface area (TPSA) is 58.6 Å². The third kappa shape index (κ3) is 1.26. The number of aromatic amines is 1. The third-order valence-corrected chi connectivity index (χ3v) is 1.93. The van der Waals surface area contributed by atoms with Crippen LogP contribution in [0.1, 0.15) is 0 Å². The highest BCUT2D eigenvalue weighted by Gasteiger charge is 1.99. The molecule has 2 heterocycles. The molecule has 2 aromatic rings. The van der Waals surface area contributed by atoms with Crippen LogP contribution in [0.4, 0.5) is 0 Å². The minimum Gasteiger partial charge on any atom is -0.326 e. The molecule has 0 aliphatic carbocycles. The van der Waals surface area contributed by atoms with E-state index in [-0.39, 0.29) is 5.56 Å². The van der Waals surface area contributed by atoms with Crippen LogP contribution < -0.4 is 5.56 Å². The van der Waals surface area contributed by atoms with E-state index in [0.717, 1.165) is 5.69 Å². The van der Waals surface area contributed by atoms with Gasteiger partial charge in [-0.1, -0.05) is 0 Å². The van der Waals surface area contributed by atoms with E-state index in [1.807, 2.05) is 11.4 Å².